The van der Waals surface area contributed by atoms with Crippen LogP contribution in [-0.2, 0) is 0 Å². The van der Waals surface area contributed by atoms with Crippen LogP contribution in [-0.4, -0.2) is 12.0 Å². The number of hydrogen-bond acceptors (Lipinski definition) is 2. The minimum atomic E-state index is 0.0914. The lowest BCUT2D eigenvalue weighted by atomic mass is 9.97. The third-order valence-corrected chi connectivity index (χ3v) is 3.57. The first-order chi connectivity index (χ1) is 8.61. The van der Waals surface area contributed by atoms with Crippen LogP contribution in [0.25, 0.3) is 0 Å². The molecule has 2 rings (SSSR count). The summed E-state index contributed by atoms with van der Waals surface area (Å²) >= 11 is 9.58. The van der Waals surface area contributed by atoms with E-state index in [1.807, 2.05) is 31.4 Å². The summed E-state index contributed by atoms with van der Waals surface area (Å²) < 4.78 is 0.979. The second-order valence-electron chi connectivity index (χ2n) is 4.16. The van der Waals surface area contributed by atoms with Crippen molar-refractivity contribution in [1.82, 2.24) is 10.3 Å². The molecule has 0 fully saturated rings. The Bertz CT molecular complexity index is 537. The summed E-state index contributed by atoms with van der Waals surface area (Å²) in [7, 11) is 1.94. The van der Waals surface area contributed by atoms with Gasteiger partial charge in [-0.15, -0.1) is 0 Å². The van der Waals surface area contributed by atoms with Gasteiger partial charge < -0.3 is 5.32 Å². The molecule has 4 heteroatoms. The second-order valence-corrected chi connectivity index (χ2v) is 5.51. The van der Waals surface area contributed by atoms with Gasteiger partial charge in [-0.3, -0.25) is 4.98 Å². The maximum absolute atomic E-state index is 6.11. The van der Waals surface area contributed by atoms with Gasteiger partial charge in [-0.1, -0.05) is 27.5 Å². The third-order valence-electron chi connectivity index (χ3n) is 2.90. The first-order valence-corrected chi connectivity index (χ1v) is 6.82. The number of aryl methyl sites for hydroxylation is 1. The molecule has 0 saturated heterocycles. The van der Waals surface area contributed by atoms with Gasteiger partial charge in [0.25, 0.3) is 0 Å². The van der Waals surface area contributed by atoms with E-state index in [1.54, 1.807) is 6.20 Å². The Morgan fingerprint density at radius 1 is 1.33 bits per heavy atom. The van der Waals surface area contributed by atoms with Gasteiger partial charge in [-0.25, -0.2) is 0 Å². The normalized spacial score (nSPS) is 12.4. The topological polar surface area (TPSA) is 24.9 Å². The van der Waals surface area contributed by atoms with Crippen LogP contribution >= 0.6 is 27.5 Å². The van der Waals surface area contributed by atoms with Crippen LogP contribution < -0.4 is 5.32 Å². The molecule has 18 heavy (non-hydrogen) atoms. The molecule has 1 unspecified atom stereocenters. The molecular formula is C14H14BrClN2. The Hall–Kier alpha value is -0.900. The van der Waals surface area contributed by atoms with Gasteiger partial charge in [-0.2, -0.15) is 0 Å². The standard InChI is InChI=1S/C14H14BrClN2/c1-9-3-4-18-8-13(9)14(17-2)10-5-11(15)7-12(16)6-10/h3-8,14,17H,1-2H3. The molecule has 1 N–H and O–H groups in total. The highest BCUT2D eigenvalue weighted by Gasteiger charge is 2.15. The van der Waals surface area contributed by atoms with Crippen molar-refractivity contribution in [2.24, 2.45) is 0 Å². The minimum absolute atomic E-state index is 0.0914. The van der Waals surface area contributed by atoms with Gasteiger partial charge in [0.2, 0.25) is 0 Å². The zero-order valence-electron chi connectivity index (χ0n) is 10.2. The molecule has 0 aliphatic carbocycles. The van der Waals surface area contributed by atoms with Crippen LogP contribution in [0.1, 0.15) is 22.7 Å². The largest absolute Gasteiger partial charge is 0.309 e. The van der Waals surface area contributed by atoms with E-state index in [0.29, 0.717) is 0 Å². The third kappa shape index (κ3) is 2.91. The zero-order chi connectivity index (χ0) is 13.1. The first kappa shape index (κ1) is 13.5. The van der Waals surface area contributed by atoms with E-state index in [2.05, 4.69) is 39.2 Å². The van der Waals surface area contributed by atoms with Crippen molar-refractivity contribution < 1.29 is 0 Å². The fourth-order valence-corrected chi connectivity index (χ4v) is 2.91. The Balaban J connectivity index is 2.48. The summed E-state index contributed by atoms with van der Waals surface area (Å²) in [6, 6.07) is 8.03. The molecule has 0 spiro atoms. The minimum Gasteiger partial charge on any atom is -0.309 e. The van der Waals surface area contributed by atoms with Crippen LogP contribution in [0.2, 0.25) is 5.02 Å². The predicted octanol–water partition coefficient (Wildman–Crippen LogP) is 4.11. The molecule has 2 nitrogen and oxygen atoms in total. The number of hydrogen-bond donors (Lipinski definition) is 1. The van der Waals surface area contributed by atoms with Crippen molar-refractivity contribution in [2.75, 3.05) is 7.05 Å². The van der Waals surface area contributed by atoms with Crippen molar-refractivity contribution in [3.05, 3.63) is 62.8 Å². The highest BCUT2D eigenvalue weighted by Crippen LogP contribution is 2.28. The Morgan fingerprint density at radius 3 is 2.72 bits per heavy atom. The predicted molar refractivity (Wildman–Crippen MR) is 79.0 cm³/mol. The van der Waals surface area contributed by atoms with E-state index in [4.69, 9.17) is 11.6 Å². The van der Waals surface area contributed by atoms with E-state index in [1.165, 1.54) is 5.56 Å². The summed E-state index contributed by atoms with van der Waals surface area (Å²) in [5.74, 6) is 0. The van der Waals surface area contributed by atoms with Crippen molar-refractivity contribution in [1.29, 1.82) is 0 Å². The summed E-state index contributed by atoms with van der Waals surface area (Å²) in [5.41, 5.74) is 3.49. The van der Waals surface area contributed by atoms with Crippen LogP contribution in [0.4, 0.5) is 0 Å². The molecule has 2 aromatic rings. The molecular weight excluding hydrogens is 312 g/mol. The van der Waals surface area contributed by atoms with E-state index in [0.717, 1.165) is 20.6 Å². The zero-order valence-corrected chi connectivity index (χ0v) is 12.6. The maximum atomic E-state index is 6.11. The van der Waals surface area contributed by atoms with Gasteiger partial charge in [-0.05, 0) is 54.9 Å². The Morgan fingerprint density at radius 2 is 2.11 bits per heavy atom. The first-order valence-electron chi connectivity index (χ1n) is 5.65. The van der Waals surface area contributed by atoms with Gasteiger partial charge in [0.1, 0.15) is 0 Å². The number of halogens is 2. The molecule has 0 radical (unpaired) electrons. The van der Waals surface area contributed by atoms with Gasteiger partial charge in [0.15, 0.2) is 0 Å². The van der Waals surface area contributed by atoms with Crippen molar-refractivity contribution >= 4 is 27.5 Å². The maximum Gasteiger partial charge on any atom is 0.0593 e. The molecule has 0 bridgehead atoms. The molecule has 0 amide bonds. The van der Waals surface area contributed by atoms with E-state index >= 15 is 0 Å². The highest BCUT2D eigenvalue weighted by atomic mass is 79.9. The lowest BCUT2D eigenvalue weighted by Crippen LogP contribution is -2.19. The number of nitrogens with one attached hydrogen (secondary N) is 1. The molecule has 1 aromatic carbocycles. The number of pyridine rings is 1. The molecule has 1 atom stereocenters. The molecule has 0 aliphatic heterocycles. The average molecular weight is 326 g/mol. The highest BCUT2D eigenvalue weighted by molar-refractivity contribution is 9.10. The van der Waals surface area contributed by atoms with Crippen molar-refractivity contribution in [3.8, 4) is 0 Å². The Labute approximate surface area is 121 Å². The van der Waals surface area contributed by atoms with Crippen LogP contribution in [0, 0.1) is 6.92 Å². The van der Waals surface area contributed by atoms with Crippen LogP contribution in [0.5, 0.6) is 0 Å². The van der Waals surface area contributed by atoms with Crippen LogP contribution in [0.3, 0.4) is 0 Å². The quantitative estimate of drug-likeness (QED) is 0.918. The molecule has 0 saturated carbocycles. The van der Waals surface area contributed by atoms with Crippen LogP contribution in [0.15, 0.2) is 41.1 Å². The van der Waals surface area contributed by atoms with E-state index in [-0.39, 0.29) is 6.04 Å². The van der Waals surface area contributed by atoms with Crippen molar-refractivity contribution in [3.63, 3.8) is 0 Å². The van der Waals surface area contributed by atoms with Gasteiger partial charge in [0, 0.05) is 21.9 Å². The number of rotatable bonds is 3. The smallest absolute Gasteiger partial charge is 0.0593 e. The van der Waals surface area contributed by atoms with Crippen molar-refractivity contribution in [2.45, 2.75) is 13.0 Å². The average Bonchev–Trinajstić information content (AvgIpc) is 2.31. The lowest BCUT2D eigenvalue weighted by molar-refractivity contribution is 0.684. The van der Waals surface area contributed by atoms with Gasteiger partial charge in [0.05, 0.1) is 6.04 Å². The molecule has 0 aliphatic rings. The number of nitrogens with zero attached hydrogens (tertiary/aromatic N) is 1. The summed E-state index contributed by atoms with van der Waals surface area (Å²) in [6.45, 7) is 2.08. The molecule has 1 heterocycles. The Kier molecular flexibility index (Phi) is 4.38. The summed E-state index contributed by atoms with van der Waals surface area (Å²) in [6.07, 6.45) is 3.70. The monoisotopic (exact) mass is 324 g/mol. The fraction of sp³-hybridized carbons (Fsp3) is 0.214. The molecule has 1 aromatic heterocycles. The van der Waals surface area contributed by atoms with Gasteiger partial charge >= 0.3 is 0 Å². The van der Waals surface area contributed by atoms with E-state index < -0.39 is 0 Å². The molecule has 94 valence electrons. The van der Waals surface area contributed by atoms with E-state index in [9.17, 15) is 0 Å². The summed E-state index contributed by atoms with van der Waals surface area (Å²) in [5, 5.41) is 4.03. The number of aromatic nitrogens is 1. The second kappa shape index (κ2) is 5.83. The summed E-state index contributed by atoms with van der Waals surface area (Å²) in [4.78, 5) is 4.20. The number of benzene rings is 1. The lowest BCUT2D eigenvalue weighted by Gasteiger charge is -2.19. The SMILES string of the molecule is CNC(c1cc(Cl)cc(Br)c1)c1cnccc1C. The fourth-order valence-electron chi connectivity index (χ4n) is 2.02.